The van der Waals surface area contributed by atoms with Crippen LogP contribution in [0.2, 0.25) is 5.02 Å². The lowest BCUT2D eigenvalue weighted by Crippen LogP contribution is -2.11. The molecule has 3 aromatic rings. The highest BCUT2D eigenvalue weighted by Crippen LogP contribution is 2.28. The third-order valence-electron chi connectivity index (χ3n) is 4.40. The van der Waals surface area contributed by atoms with Gasteiger partial charge in [-0.05, 0) is 41.3 Å². The van der Waals surface area contributed by atoms with Gasteiger partial charge >= 0.3 is 0 Å². The van der Waals surface area contributed by atoms with Crippen LogP contribution in [-0.2, 0) is 12.0 Å². The first-order valence-electron chi connectivity index (χ1n) is 9.21. The molecule has 0 aliphatic carbocycles. The molecule has 0 saturated carbocycles. The number of nitro groups is 1. The van der Waals surface area contributed by atoms with Crippen molar-refractivity contribution in [2.45, 2.75) is 32.8 Å². The van der Waals surface area contributed by atoms with Crippen LogP contribution in [0.15, 0.2) is 59.0 Å². The zero-order valence-electron chi connectivity index (χ0n) is 16.8. The molecule has 1 amide bonds. The van der Waals surface area contributed by atoms with Crippen LogP contribution < -0.4 is 10.1 Å². The van der Waals surface area contributed by atoms with Crippen LogP contribution in [0, 0.1) is 10.1 Å². The Labute approximate surface area is 178 Å². The summed E-state index contributed by atoms with van der Waals surface area (Å²) in [5.74, 6) is 0.622. The maximum atomic E-state index is 12.4. The quantitative estimate of drug-likeness (QED) is 0.385. The van der Waals surface area contributed by atoms with Gasteiger partial charge in [-0.1, -0.05) is 44.5 Å². The van der Waals surface area contributed by atoms with Crippen molar-refractivity contribution in [2.75, 3.05) is 5.32 Å². The van der Waals surface area contributed by atoms with Crippen LogP contribution >= 0.6 is 11.6 Å². The second-order valence-corrected chi connectivity index (χ2v) is 8.11. The molecule has 2 aromatic carbocycles. The van der Waals surface area contributed by atoms with Gasteiger partial charge in [0.1, 0.15) is 18.1 Å². The fourth-order valence-electron chi connectivity index (χ4n) is 2.69. The number of hydrogen-bond acceptors (Lipinski definition) is 5. The Bertz CT molecular complexity index is 1070. The highest BCUT2D eigenvalue weighted by molar-refractivity contribution is 6.34. The first-order valence-corrected chi connectivity index (χ1v) is 9.58. The molecule has 0 saturated heterocycles. The lowest BCUT2D eigenvalue weighted by Gasteiger charge is -2.19. The number of nitro benzene ring substituents is 1. The van der Waals surface area contributed by atoms with Gasteiger partial charge in [-0.3, -0.25) is 14.9 Å². The summed E-state index contributed by atoms with van der Waals surface area (Å²) < 4.78 is 11.2. The molecule has 1 N–H and O–H groups in total. The number of nitrogens with zero attached hydrogens (tertiary/aromatic N) is 1. The fourth-order valence-corrected chi connectivity index (χ4v) is 2.85. The average Bonchev–Trinajstić information content (AvgIpc) is 3.17. The molecule has 0 fully saturated rings. The summed E-state index contributed by atoms with van der Waals surface area (Å²) in [6.45, 7) is 6.57. The molecule has 0 spiro atoms. The molecule has 8 heteroatoms. The van der Waals surface area contributed by atoms with Crippen LogP contribution in [0.5, 0.6) is 5.75 Å². The summed E-state index contributed by atoms with van der Waals surface area (Å²) in [5, 5.41) is 13.6. The molecular weight excluding hydrogens is 408 g/mol. The minimum Gasteiger partial charge on any atom is -0.486 e. The molecule has 0 unspecified atom stereocenters. The molecule has 1 aromatic heterocycles. The van der Waals surface area contributed by atoms with Crippen LogP contribution in [0.1, 0.15) is 42.6 Å². The molecule has 0 radical (unpaired) electrons. The number of rotatable bonds is 6. The number of nitrogens with one attached hydrogen (secondary N) is 1. The highest BCUT2D eigenvalue weighted by Gasteiger charge is 2.16. The number of amides is 1. The molecule has 0 aliphatic heterocycles. The molecular formula is C22H21ClN2O5. The second-order valence-electron chi connectivity index (χ2n) is 7.70. The molecule has 0 bridgehead atoms. The van der Waals surface area contributed by atoms with E-state index < -0.39 is 10.8 Å². The summed E-state index contributed by atoms with van der Waals surface area (Å²) in [6, 6.07) is 14.7. The maximum Gasteiger partial charge on any atom is 0.291 e. The number of benzene rings is 2. The summed E-state index contributed by atoms with van der Waals surface area (Å²) in [5.41, 5.74) is 1.21. The molecule has 3 rings (SSSR count). The van der Waals surface area contributed by atoms with Gasteiger partial charge in [0.15, 0.2) is 5.76 Å². The van der Waals surface area contributed by atoms with Crippen LogP contribution in [0.4, 0.5) is 11.4 Å². The first-order chi connectivity index (χ1) is 14.1. The van der Waals surface area contributed by atoms with E-state index in [2.05, 4.69) is 26.1 Å². The van der Waals surface area contributed by atoms with E-state index in [1.807, 2.05) is 24.3 Å². The topological polar surface area (TPSA) is 94.6 Å². The Hall–Kier alpha value is -3.32. The van der Waals surface area contributed by atoms with Gasteiger partial charge in [0.05, 0.1) is 15.6 Å². The minimum atomic E-state index is -0.571. The number of halogens is 1. The van der Waals surface area contributed by atoms with E-state index in [1.165, 1.54) is 29.8 Å². The smallest absolute Gasteiger partial charge is 0.291 e. The molecule has 1 heterocycles. The predicted octanol–water partition coefficient (Wildman–Crippen LogP) is 5.97. The maximum absolute atomic E-state index is 12.4. The number of furan rings is 1. The predicted molar refractivity (Wildman–Crippen MR) is 114 cm³/mol. The Kier molecular flexibility index (Phi) is 6.12. The fraction of sp³-hybridized carbons (Fsp3) is 0.227. The van der Waals surface area contributed by atoms with Gasteiger partial charge in [-0.2, -0.15) is 0 Å². The van der Waals surface area contributed by atoms with E-state index in [-0.39, 0.29) is 34.2 Å². The first kappa shape index (κ1) is 21.4. The standard InChI is InChI=1S/C22H21ClN2O5/c1-22(2,3)14-4-7-16(8-5-14)29-13-17-9-11-20(30-17)21(26)24-19-12-15(25(27)28)6-10-18(19)23/h4-12H,13H2,1-3H3,(H,24,26). The third kappa shape index (κ3) is 5.18. The Morgan fingerprint density at radius 1 is 1.13 bits per heavy atom. The molecule has 7 nitrogen and oxygen atoms in total. The van der Waals surface area contributed by atoms with E-state index in [0.29, 0.717) is 11.5 Å². The van der Waals surface area contributed by atoms with Crippen molar-refractivity contribution < 1.29 is 18.9 Å². The van der Waals surface area contributed by atoms with Crippen molar-refractivity contribution in [3.8, 4) is 5.75 Å². The van der Waals surface area contributed by atoms with Gasteiger partial charge < -0.3 is 14.5 Å². The van der Waals surface area contributed by atoms with Crippen molar-refractivity contribution in [1.29, 1.82) is 0 Å². The number of carbonyl (C=O) groups excluding carboxylic acids is 1. The highest BCUT2D eigenvalue weighted by atomic mass is 35.5. The Balaban J connectivity index is 1.63. The zero-order valence-corrected chi connectivity index (χ0v) is 17.5. The molecule has 0 atom stereocenters. The number of non-ortho nitro benzene ring substituents is 1. The van der Waals surface area contributed by atoms with E-state index >= 15 is 0 Å². The van der Waals surface area contributed by atoms with E-state index in [0.717, 1.165) is 0 Å². The second kappa shape index (κ2) is 8.59. The Morgan fingerprint density at radius 3 is 2.47 bits per heavy atom. The van der Waals surface area contributed by atoms with Crippen molar-refractivity contribution in [3.05, 3.63) is 86.8 Å². The zero-order chi connectivity index (χ0) is 21.9. The van der Waals surface area contributed by atoms with E-state index in [9.17, 15) is 14.9 Å². The SMILES string of the molecule is CC(C)(C)c1ccc(OCc2ccc(C(=O)Nc3cc([N+](=O)[O-])ccc3Cl)o2)cc1. The van der Waals surface area contributed by atoms with Gasteiger partial charge in [0.2, 0.25) is 0 Å². The summed E-state index contributed by atoms with van der Waals surface area (Å²) >= 11 is 6.01. The number of anilines is 1. The van der Waals surface area contributed by atoms with Crippen LogP contribution in [0.25, 0.3) is 0 Å². The normalized spacial score (nSPS) is 11.2. The average molecular weight is 429 g/mol. The summed E-state index contributed by atoms with van der Waals surface area (Å²) in [7, 11) is 0. The van der Waals surface area contributed by atoms with Gasteiger partial charge in [0, 0.05) is 12.1 Å². The third-order valence-corrected chi connectivity index (χ3v) is 4.73. The summed E-state index contributed by atoms with van der Waals surface area (Å²) in [6.07, 6.45) is 0. The van der Waals surface area contributed by atoms with Crippen molar-refractivity contribution in [2.24, 2.45) is 0 Å². The molecule has 156 valence electrons. The number of carbonyl (C=O) groups is 1. The lowest BCUT2D eigenvalue weighted by molar-refractivity contribution is -0.384. The van der Waals surface area contributed by atoms with Gasteiger partial charge in [0.25, 0.3) is 11.6 Å². The monoisotopic (exact) mass is 428 g/mol. The summed E-state index contributed by atoms with van der Waals surface area (Å²) in [4.78, 5) is 22.7. The van der Waals surface area contributed by atoms with E-state index in [4.69, 9.17) is 20.8 Å². The number of ether oxygens (including phenoxy) is 1. The van der Waals surface area contributed by atoms with E-state index in [1.54, 1.807) is 6.07 Å². The van der Waals surface area contributed by atoms with Gasteiger partial charge in [-0.25, -0.2) is 0 Å². The van der Waals surface area contributed by atoms with Crippen molar-refractivity contribution >= 4 is 28.9 Å². The minimum absolute atomic E-state index is 0.0410. The van der Waals surface area contributed by atoms with Crippen molar-refractivity contribution in [3.63, 3.8) is 0 Å². The molecule has 30 heavy (non-hydrogen) atoms. The van der Waals surface area contributed by atoms with Gasteiger partial charge in [-0.15, -0.1) is 0 Å². The number of hydrogen-bond donors (Lipinski definition) is 1. The van der Waals surface area contributed by atoms with Crippen molar-refractivity contribution in [1.82, 2.24) is 0 Å². The molecule has 0 aliphatic rings. The van der Waals surface area contributed by atoms with Crippen LogP contribution in [0.3, 0.4) is 0 Å². The Morgan fingerprint density at radius 2 is 1.83 bits per heavy atom. The van der Waals surface area contributed by atoms with Crippen LogP contribution in [-0.4, -0.2) is 10.8 Å². The lowest BCUT2D eigenvalue weighted by atomic mass is 9.87. The largest absolute Gasteiger partial charge is 0.486 e.